The van der Waals surface area contributed by atoms with Crippen LogP contribution in [-0.2, 0) is 22.0 Å². The number of hydrogen-bond donors (Lipinski definition) is 0. The van der Waals surface area contributed by atoms with Crippen LogP contribution in [0.5, 0.6) is 0 Å². The number of hydrogen-bond acceptors (Lipinski definition) is 4. The first kappa shape index (κ1) is 15.9. The van der Waals surface area contributed by atoms with Gasteiger partial charge in [0.2, 0.25) is 5.89 Å². The molecule has 0 saturated heterocycles. The maximum absolute atomic E-state index is 12.4. The highest BCUT2D eigenvalue weighted by molar-refractivity contribution is 7.84. The number of aromatic nitrogens is 2. The Bertz CT molecular complexity index is 626. The Hall–Kier alpha value is -1.49. The Morgan fingerprint density at radius 2 is 1.86 bits per heavy atom. The van der Waals surface area contributed by atoms with Gasteiger partial charge in [-0.25, -0.2) is 0 Å². The lowest BCUT2D eigenvalue weighted by Gasteiger charge is -2.19. The van der Waals surface area contributed by atoms with Gasteiger partial charge in [0.15, 0.2) is 5.82 Å². The predicted octanol–water partition coefficient (Wildman–Crippen LogP) is 3.69. The molecule has 1 heterocycles. The summed E-state index contributed by atoms with van der Waals surface area (Å²) in [7, 11) is -1.08. The summed E-state index contributed by atoms with van der Waals surface area (Å²) in [5.74, 6) is 1.51. The van der Waals surface area contributed by atoms with Crippen LogP contribution < -0.4 is 0 Å². The number of rotatable bonds is 4. The molecule has 2 rings (SSSR count). The van der Waals surface area contributed by atoms with Crippen molar-refractivity contribution in [1.29, 1.82) is 0 Å². The Morgan fingerprint density at radius 3 is 2.33 bits per heavy atom. The lowest BCUT2D eigenvalue weighted by atomic mass is 9.87. The van der Waals surface area contributed by atoms with Crippen molar-refractivity contribution in [2.24, 2.45) is 0 Å². The van der Waals surface area contributed by atoms with Gasteiger partial charge >= 0.3 is 0 Å². The Balaban J connectivity index is 2.06. The molecule has 2 atom stereocenters. The third-order valence-electron chi connectivity index (χ3n) is 3.41. The summed E-state index contributed by atoms with van der Waals surface area (Å²) in [6.07, 6.45) is 0. The average Bonchev–Trinajstić information content (AvgIpc) is 2.84. The van der Waals surface area contributed by atoms with Crippen molar-refractivity contribution in [3.8, 4) is 0 Å². The summed E-state index contributed by atoms with van der Waals surface area (Å²) >= 11 is 0. The van der Waals surface area contributed by atoms with E-state index in [9.17, 15) is 4.21 Å². The molecule has 5 heteroatoms. The van der Waals surface area contributed by atoms with Crippen LogP contribution in [0.15, 0.2) is 28.8 Å². The van der Waals surface area contributed by atoms with Gasteiger partial charge in [-0.2, -0.15) is 4.98 Å². The first-order chi connectivity index (χ1) is 9.77. The molecule has 0 spiro atoms. The number of nitrogens with zero attached hydrogens (tertiary/aromatic N) is 2. The van der Waals surface area contributed by atoms with E-state index in [4.69, 9.17) is 4.52 Å². The van der Waals surface area contributed by atoms with Crippen LogP contribution in [0.4, 0.5) is 0 Å². The summed E-state index contributed by atoms with van der Waals surface area (Å²) in [6, 6.07) is 8.30. The second-order valence-electron chi connectivity index (χ2n) is 6.29. The largest absolute Gasteiger partial charge is 0.338 e. The quantitative estimate of drug-likeness (QED) is 0.864. The Kier molecular flexibility index (Phi) is 4.61. The molecule has 2 aromatic rings. The van der Waals surface area contributed by atoms with E-state index in [1.54, 1.807) is 6.92 Å². The van der Waals surface area contributed by atoms with E-state index in [2.05, 4.69) is 43.0 Å². The molecule has 0 radical (unpaired) electrons. The normalized spacial score (nSPS) is 14.9. The summed E-state index contributed by atoms with van der Waals surface area (Å²) in [5.41, 5.74) is 2.47. The van der Waals surface area contributed by atoms with Gasteiger partial charge in [-0.3, -0.25) is 4.21 Å². The van der Waals surface area contributed by atoms with E-state index >= 15 is 0 Å². The van der Waals surface area contributed by atoms with Gasteiger partial charge in [-0.1, -0.05) is 50.2 Å². The van der Waals surface area contributed by atoms with Crippen LogP contribution in [0, 0.1) is 6.92 Å². The van der Waals surface area contributed by atoms with Crippen LogP contribution in [0.25, 0.3) is 0 Å². The van der Waals surface area contributed by atoms with Crippen LogP contribution in [0.2, 0.25) is 0 Å². The molecule has 0 fully saturated rings. The lowest BCUT2D eigenvalue weighted by molar-refractivity contribution is 0.375. The number of aryl methyl sites for hydroxylation is 1. The third-order valence-corrected chi connectivity index (χ3v) is 5.02. The van der Waals surface area contributed by atoms with Crippen molar-refractivity contribution in [2.75, 3.05) is 0 Å². The Morgan fingerprint density at radius 1 is 1.24 bits per heavy atom. The summed E-state index contributed by atoms with van der Waals surface area (Å²) in [5, 5.41) is 3.49. The van der Waals surface area contributed by atoms with E-state index in [0.717, 1.165) is 5.56 Å². The predicted molar refractivity (Wildman–Crippen MR) is 84.4 cm³/mol. The highest BCUT2D eigenvalue weighted by Gasteiger charge is 2.20. The van der Waals surface area contributed by atoms with Gasteiger partial charge in [0, 0.05) is 16.6 Å². The second kappa shape index (κ2) is 6.10. The molecule has 1 aromatic carbocycles. The molecule has 0 saturated carbocycles. The minimum atomic E-state index is -1.08. The molecular weight excluding hydrogens is 284 g/mol. The number of benzene rings is 1. The topological polar surface area (TPSA) is 56.0 Å². The van der Waals surface area contributed by atoms with Gasteiger partial charge in [-0.05, 0) is 30.4 Å². The SMILES string of the molecule is Cc1noc([C@@H](C)[S@@](=O)Cc2ccc(C(C)(C)C)cc2)n1. The van der Waals surface area contributed by atoms with Gasteiger partial charge in [-0.15, -0.1) is 0 Å². The molecule has 0 bridgehead atoms. The minimum absolute atomic E-state index is 0.131. The van der Waals surface area contributed by atoms with Crippen LogP contribution in [-0.4, -0.2) is 14.3 Å². The molecule has 1 aromatic heterocycles. The van der Waals surface area contributed by atoms with Gasteiger partial charge in [0.05, 0.1) is 0 Å². The Labute approximate surface area is 128 Å². The fraction of sp³-hybridized carbons (Fsp3) is 0.500. The van der Waals surface area contributed by atoms with E-state index in [-0.39, 0.29) is 10.7 Å². The molecular formula is C16H22N2O2S. The summed E-state index contributed by atoms with van der Waals surface area (Å²) in [4.78, 5) is 4.15. The van der Waals surface area contributed by atoms with Crippen molar-refractivity contribution in [3.63, 3.8) is 0 Å². The molecule has 0 aliphatic rings. The molecule has 0 aliphatic carbocycles. The van der Waals surface area contributed by atoms with Crippen molar-refractivity contribution in [2.45, 2.75) is 51.0 Å². The lowest BCUT2D eigenvalue weighted by Crippen LogP contribution is -2.11. The summed E-state index contributed by atoms with van der Waals surface area (Å²) < 4.78 is 17.5. The summed E-state index contributed by atoms with van der Waals surface area (Å²) in [6.45, 7) is 10.2. The van der Waals surface area contributed by atoms with Crippen molar-refractivity contribution in [1.82, 2.24) is 10.1 Å². The standard InChI is InChI=1S/C16H22N2O2S/c1-11(15-17-12(2)18-20-15)21(19)10-13-6-8-14(9-7-13)16(3,4)5/h6-9,11H,10H2,1-5H3/t11-,21+/m1/s1. The van der Waals surface area contributed by atoms with Crippen molar-refractivity contribution < 1.29 is 8.73 Å². The minimum Gasteiger partial charge on any atom is -0.338 e. The zero-order chi connectivity index (χ0) is 15.6. The van der Waals surface area contributed by atoms with E-state index < -0.39 is 10.8 Å². The fourth-order valence-corrected chi connectivity index (χ4v) is 3.07. The zero-order valence-electron chi connectivity index (χ0n) is 13.2. The van der Waals surface area contributed by atoms with Crippen molar-refractivity contribution in [3.05, 3.63) is 47.1 Å². The van der Waals surface area contributed by atoms with Gasteiger partial charge in [0.25, 0.3) is 0 Å². The molecule has 21 heavy (non-hydrogen) atoms. The average molecular weight is 306 g/mol. The second-order valence-corrected chi connectivity index (χ2v) is 8.05. The first-order valence-electron chi connectivity index (χ1n) is 7.04. The molecule has 0 N–H and O–H groups in total. The van der Waals surface area contributed by atoms with Crippen LogP contribution in [0.3, 0.4) is 0 Å². The molecule has 0 amide bonds. The van der Waals surface area contributed by atoms with Gasteiger partial charge < -0.3 is 4.52 Å². The molecule has 114 valence electrons. The molecule has 0 aliphatic heterocycles. The molecule has 0 unspecified atom stereocenters. The van der Waals surface area contributed by atoms with E-state index in [1.807, 2.05) is 19.1 Å². The van der Waals surface area contributed by atoms with E-state index in [0.29, 0.717) is 17.5 Å². The first-order valence-corrected chi connectivity index (χ1v) is 8.42. The van der Waals surface area contributed by atoms with Crippen molar-refractivity contribution >= 4 is 10.8 Å². The van der Waals surface area contributed by atoms with Crippen LogP contribution in [0.1, 0.15) is 55.8 Å². The fourth-order valence-electron chi connectivity index (χ4n) is 1.98. The van der Waals surface area contributed by atoms with Crippen LogP contribution >= 0.6 is 0 Å². The van der Waals surface area contributed by atoms with E-state index in [1.165, 1.54) is 5.56 Å². The smallest absolute Gasteiger partial charge is 0.242 e. The maximum atomic E-state index is 12.4. The monoisotopic (exact) mass is 306 g/mol. The highest BCUT2D eigenvalue weighted by Crippen LogP contribution is 2.24. The third kappa shape index (κ3) is 4.00. The van der Waals surface area contributed by atoms with Gasteiger partial charge in [0.1, 0.15) is 5.25 Å². The zero-order valence-corrected chi connectivity index (χ0v) is 14.0. The highest BCUT2D eigenvalue weighted by atomic mass is 32.2. The maximum Gasteiger partial charge on any atom is 0.242 e. The molecule has 4 nitrogen and oxygen atoms in total.